The van der Waals surface area contributed by atoms with Crippen LogP contribution in [0.1, 0.15) is 25.7 Å². The Bertz CT molecular complexity index is 276. The molecule has 3 heteroatoms. The second-order valence-corrected chi connectivity index (χ2v) is 3.83. The minimum Gasteiger partial charge on any atom is -0.475 e. The quantitative estimate of drug-likeness (QED) is 0.585. The summed E-state index contributed by atoms with van der Waals surface area (Å²) in [6.45, 7) is 1.81. The van der Waals surface area contributed by atoms with Crippen LogP contribution in [-0.4, -0.2) is 13.3 Å². The molecule has 0 spiro atoms. The van der Waals surface area contributed by atoms with Gasteiger partial charge in [-0.25, -0.2) is 0 Å². The first-order valence-electron chi connectivity index (χ1n) is 4.97. The number of hydrogen-bond donors (Lipinski definition) is 2. The van der Waals surface area contributed by atoms with E-state index in [1.54, 1.807) is 5.57 Å². The highest BCUT2D eigenvalue weighted by Gasteiger charge is 2.26. The summed E-state index contributed by atoms with van der Waals surface area (Å²) in [5.41, 5.74) is 4.33. The van der Waals surface area contributed by atoms with Crippen molar-refractivity contribution >= 4 is 0 Å². The predicted octanol–water partition coefficient (Wildman–Crippen LogP) is 1.21. The summed E-state index contributed by atoms with van der Waals surface area (Å²) in [6, 6.07) is 0. The summed E-state index contributed by atoms with van der Waals surface area (Å²) in [7, 11) is 0. The molecule has 0 bridgehead atoms. The summed E-state index contributed by atoms with van der Waals surface area (Å²) in [5, 5.41) is 6.76. The van der Waals surface area contributed by atoms with Crippen molar-refractivity contribution in [1.29, 1.82) is 0 Å². The minimum absolute atomic E-state index is 0.672. The molecule has 2 N–H and O–H groups in total. The Labute approximate surface area is 77.8 Å². The molecule has 0 atom stereocenters. The first-order valence-corrected chi connectivity index (χ1v) is 4.97. The van der Waals surface area contributed by atoms with Crippen molar-refractivity contribution < 1.29 is 4.74 Å². The third-order valence-corrected chi connectivity index (χ3v) is 3.02. The zero-order valence-electron chi connectivity index (χ0n) is 7.65. The number of hydrogen-bond acceptors (Lipinski definition) is 3. The van der Waals surface area contributed by atoms with E-state index in [2.05, 4.69) is 10.6 Å². The molecule has 0 amide bonds. The van der Waals surface area contributed by atoms with E-state index in [1.807, 2.05) is 0 Å². The van der Waals surface area contributed by atoms with Crippen molar-refractivity contribution in [1.82, 2.24) is 10.6 Å². The van der Waals surface area contributed by atoms with Crippen LogP contribution in [0.3, 0.4) is 0 Å². The Balaban J connectivity index is 1.87. The summed E-state index contributed by atoms with van der Waals surface area (Å²) >= 11 is 0. The lowest BCUT2D eigenvalue weighted by atomic mass is 9.92. The van der Waals surface area contributed by atoms with Gasteiger partial charge in [-0.2, -0.15) is 0 Å². The Morgan fingerprint density at radius 1 is 1.08 bits per heavy atom. The van der Waals surface area contributed by atoms with Gasteiger partial charge in [-0.1, -0.05) is 0 Å². The number of rotatable bonds is 0. The third-order valence-electron chi connectivity index (χ3n) is 3.02. The van der Waals surface area contributed by atoms with E-state index in [-0.39, 0.29) is 0 Å². The second-order valence-electron chi connectivity index (χ2n) is 3.83. The molecule has 0 fully saturated rings. The molecular formula is C10H14N2O. The lowest BCUT2D eigenvalue weighted by Gasteiger charge is -2.26. The fourth-order valence-corrected chi connectivity index (χ4v) is 2.29. The van der Waals surface area contributed by atoms with Crippen LogP contribution in [0.2, 0.25) is 0 Å². The molecule has 0 aromatic carbocycles. The van der Waals surface area contributed by atoms with Gasteiger partial charge in [0.05, 0.1) is 5.70 Å². The van der Waals surface area contributed by atoms with Gasteiger partial charge >= 0.3 is 0 Å². The van der Waals surface area contributed by atoms with Crippen LogP contribution in [0.25, 0.3) is 0 Å². The van der Waals surface area contributed by atoms with Crippen molar-refractivity contribution in [2.75, 3.05) is 13.3 Å². The highest BCUT2D eigenvalue weighted by molar-refractivity contribution is 5.33. The van der Waals surface area contributed by atoms with Gasteiger partial charge in [-0.05, 0) is 18.4 Å². The van der Waals surface area contributed by atoms with Gasteiger partial charge in [0.25, 0.3) is 0 Å². The minimum atomic E-state index is 0.672. The van der Waals surface area contributed by atoms with E-state index < -0.39 is 0 Å². The number of nitrogens with one attached hydrogen (secondary N) is 2. The van der Waals surface area contributed by atoms with Gasteiger partial charge < -0.3 is 15.4 Å². The van der Waals surface area contributed by atoms with Crippen molar-refractivity contribution in [3.05, 3.63) is 22.7 Å². The SMILES string of the molecule is C1CNC2=C(C1)CC1=C(C2)OCN1. The fraction of sp³-hybridized carbons (Fsp3) is 0.600. The summed E-state index contributed by atoms with van der Waals surface area (Å²) in [4.78, 5) is 0. The van der Waals surface area contributed by atoms with Gasteiger partial charge in [0.15, 0.2) is 6.73 Å². The molecular weight excluding hydrogens is 164 g/mol. The maximum absolute atomic E-state index is 5.50. The zero-order valence-corrected chi connectivity index (χ0v) is 7.65. The summed E-state index contributed by atoms with van der Waals surface area (Å²) in [5.74, 6) is 1.16. The first-order chi connectivity index (χ1) is 6.43. The van der Waals surface area contributed by atoms with Crippen molar-refractivity contribution in [3.63, 3.8) is 0 Å². The molecule has 1 aliphatic carbocycles. The highest BCUT2D eigenvalue weighted by Crippen LogP contribution is 2.34. The highest BCUT2D eigenvalue weighted by atomic mass is 16.5. The van der Waals surface area contributed by atoms with E-state index in [9.17, 15) is 0 Å². The smallest absolute Gasteiger partial charge is 0.158 e. The maximum atomic E-state index is 5.50. The zero-order chi connectivity index (χ0) is 8.67. The maximum Gasteiger partial charge on any atom is 0.158 e. The molecule has 0 unspecified atom stereocenters. The Kier molecular flexibility index (Phi) is 1.51. The molecule has 0 saturated carbocycles. The molecule has 0 saturated heterocycles. The molecule has 13 heavy (non-hydrogen) atoms. The number of ether oxygens (including phenoxy) is 1. The van der Waals surface area contributed by atoms with Crippen LogP contribution in [0.5, 0.6) is 0 Å². The van der Waals surface area contributed by atoms with Gasteiger partial charge in [-0.3, -0.25) is 0 Å². The second kappa shape index (κ2) is 2.69. The topological polar surface area (TPSA) is 33.3 Å². The van der Waals surface area contributed by atoms with Gasteiger partial charge in [-0.15, -0.1) is 0 Å². The normalized spacial score (nSPS) is 25.8. The van der Waals surface area contributed by atoms with E-state index in [1.165, 1.54) is 24.2 Å². The largest absolute Gasteiger partial charge is 0.475 e. The molecule has 3 rings (SSSR count). The molecule has 0 aromatic heterocycles. The summed E-state index contributed by atoms with van der Waals surface area (Å²) < 4.78 is 5.50. The van der Waals surface area contributed by atoms with Crippen molar-refractivity contribution in [2.24, 2.45) is 0 Å². The van der Waals surface area contributed by atoms with Gasteiger partial charge in [0, 0.05) is 25.1 Å². The molecule has 70 valence electrons. The van der Waals surface area contributed by atoms with Crippen LogP contribution >= 0.6 is 0 Å². The Morgan fingerprint density at radius 2 is 2.08 bits per heavy atom. The number of allylic oxidation sites excluding steroid dienone is 1. The van der Waals surface area contributed by atoms with Crippen molar-refractivity contribution in [2.45, 2.75) is 25.7 Å². The Hall–Kier alpha value is -1.12. The monoisotopic (exact) mass is 178 g/mol. The Morgan fingerprint density at radius 3 is 3.08 bits per heavy atom. The van der Waals surface area contributed by atoms with E-state index in [4.69, 9.17) is 4.74 Å². The molecule has 2 heterocycles. The van der Waals surface area contributed by atoms with E-state index in [0.29, 0.717) is 6.73 Å². The van der Waals surface area contributed by atoms with Crippen LogP contribution < -0.4 is 10.6 Å². The average Bonchev–Trinajstić information content (AvgIpc) is 2.61. The van der Waals surface area contributed by atoms with Crippen LogP contribution in [0, 0.1) is 0 Å². The predicted molar refractivity (Wildman–Crippen MR) is 49.6 cm³/mol. The molecule has 3 aliphatic rings. The van der Waals surface area contributed by atoms with Crippen LogP contribution in [-0.2, 0) is 4.74 Å². The average molecular weight is 178 g/mol. The molecule has 3 nitrogen and oxygen atoms in total. The lowest BCUT2D eigenvalue weighted by molar-refractivity contribution is 0.225. The van der Waals surface area contributed by atoms with Crippen molar-refractivity contribution in [3.8, 4) is 0 Å². The van der Waals surface area contributed by atoms with Gasteiger partial charge in [0.1, 0.15) is 5.76 Å². The first kappa shape index (κ1) is 7.30. The van der Waals surface area contributed by atoms with Gasteiger partial charge in [0.2, 0.25) is 0 Å². The third kappa shape index (κ3) is 1.10. The van der Waals surface area contributed by atoms with E-state index >= 15 is 0 Å². The van der Waals surface area contributed by atoms with Crippen LogP contribution in [0.15, 0.2) is 22.7 Å². The summed E-state index contributed by atoms with van der Waals surface area (Å²) in [6.07, 6.45) is 4.61. The fourth-order valence-electron chi connectivity index (χ4n) is 2.29. The molecule has 0 aromatic rings. The molecule has 2 aliphatic heterocycles. The molecule has 0 radical (unpaired) electrons. The van der Waals surface area contributed by atoms with E-state index in [0.717, 1.165) is 25.1 Å². The van der Waals surface area contributed by atoms with Crippen LogP contribution in [0.4, 0.5) is 0 Å². The lowest BCUT2D eigenvalue weighted by Crippen LogP contribution is -2.25. The standard InChI is InChI=1S/C10H14N2O/c1-2-7-4-9-10(13-6-12-9)5-8(7)11-3-1/h11-12H,1-6H2.